The standard InChI is InChI=1S/C16H26.C13H22.C10H16.C5H12.3C2H6.C2H5.K/c1-6-8-10-15(5)13-16(9-7-2)12-11-14(3)4;1-6-13(4,5)11-9-7-8-10-12(2)3;1-4-6-7-9-10(3)8-5-2;1-3-5-4-2;4*1-2;/h7,9,11-13H,6,8,10H2,1-5H3;10H,6-8H2,1-5H3;4,6-8H,1,5,9H2,2-3H3;3-5H2,1-2H3;3*1-2H3;1H2,2H3;/q;;;;;;;-1;+1/b9-7-,15-13-,16-12+;;7-6?,10-8-;;;;;;. The largest absolute Gasteiger partial charge is 1.00 e. The molecule has 0 N–H and O–H groups in total. The number of hydrogen-bond acceptors (Lipinski definition) is 0. The molecule has 0 rings (SSSR count). The fraction of sp³-hybridized carbons (Fsp3) is 0.635. The Labute approximate surface area is 383 Å². The van der Waals surface area contributed by atoms with Crippen LogP contribution in [0.4, 0.5) is 0 Å². The van der Waals surface area contributed by atoms with Crippen molar-refractivity contribution >= 4 is 0 Å². The van der Waals surface area contributed by atoms with Gasteiger partial charge in [0.15, 0.2) is 0 Å². The van der Waals surface area contributed by atoms with Crippen molar-refractivity contribution in [1.29, 1.82) is 0 Å². The maximum atomic E-state index is 3.60. The Balaban J connectivity index is -0.0000000677. The Kier molecular flexibility index (Phi) is 95.4. The summed E-state index contributed by atoms with van der Waals surface area (Å²) in [5.41, 5.74) is 7.11. The van der Waals surface area contributed by atoms with E-state index in [4.69, 9.17) is 0 Å². The maximum absolute atomic E-state index is 3.60. The zero-order valence-electron chi connectivity index (χ0n) is 41.0. The average molecular weight is 763 g/mol. The molecule has 0 saturated carbocycles. The van der Waals surface area contributed by atoms with Crippen LogP contribution in [-0.4, -0.2) is 0 Å². The van der Waals surface area contributed by atoms with E-state index in [0.717, 1.165) is 32.1 Å². The van der Waals surface area contributed by atoms with E-state index in [1.54, 1.807) is 13.0 Å². The number of unbranched alkanes of at least 4 members (excludes halogenated alkanes) is 4. The van der Waals surface area contributed by atoms with Crippen LogP contribution in [0.3, 0.4) is 0 Å². The zero-order chi connectivity index (χ0) is 42.7. The van der Waals surface area contributed by atoms with E-state index in [1.165, 1.54) is 66.4 Å². The predicted molar refractivity (Wildman–Crippen MR) is 254 cm³/mol. The van der Waals surface area contributed by atoms with Crippen molar-refractivity contribution in [2.75, 3.05) is 0 Å². The molecule has 0 radical (unpaired) electrons. The molecule has 0 spiro atoms. The SMILES string of the molecule is C=CC=CC/C(C)=C\CC.CC.CC.CC.CCC(C)(C)C#CCCC=C(C)C.CCCCC.C\C=C/C(/C=C(/C)CCCC)=C\C=C(C)C.[CH2-]C.[K+]. The van der Waals surface area contributed by atoms with Crippen LogP contribution in [0.1, 0.15) is 216 Å². The van der Waals surface area contributed by atoms with Gasteiger partial charge < -0.3 is 6.92 Å². The normalized spacial score (nSPS) is 10.1. The molecule has 0 nitrogen and oxygen atoms in total. The maximum Gasteiger partial charge on any atom is 1.00 e. The first-order valence-corrected chi connectivity index (χ1v) is 21.2. The van der Waals surface area contributed by atoms with Gasteiger partial charge in [0.1, 0.15) is 0 Å². The third kappa shape index (κ3) is 89.5. The summed E-state index contributed by atoms with van der Waals surface area (Å²) < 4.78 is 0. The van der Waals surface area contributed by atoms with Crippen molar-refractivity contribution in [3.63, 3.8) is 0 Å². The van der Waals surface area contributed by atoms with Gasteiger partial charge >= 0.3 is 51.4 Å². The average Bonchev–Trinajstić information content (AvgIpc) is 3.14. The van der Waals surface area contributed by atoms with E-state index in [1.807, 2.05) is 47.6 Å². The summed E-state index contributed by atoms with van der Waals surface area (Å²) in [4.78, 5) is 0. The van der Waals surface area contributed by atoms with Crippen LogP contribution in [0.15, 0.2) is 95.2 Å². The third-order valence-corrected chi connectivity index (χ3v) is 6.41. The monoisotopic (exact) mass is 763 g/mol. The molecule has 0 unspecified atom stereocenters. The second-order valence-corrected chi connectivity index (χ2v) is 12.5. The van der Waals surface area contributed by atoms with Crippen LogP contribution in [0.5, 0.6) is 0 Å². The van der Waals surface area contributed by atoms with E-state index in [2.05, 4.69) is 171 Å². The van der Waals surface area contributed by atoms with Crippen LogP contribution in [0.2, 0.25) is 0 Å². The predicted octanol–water partition coefficient (Wildman–Crippen LogP) is 16.4. The molecule has 0 aromatic heterocycles. The van der Waals surface area contributed by atoms with E-state index in [-0.39, 0.29) is 56.8 Å². The number of rotatable bonds is 15. The fourth-order valence-corrected chi connectivity index (χ4v) is 3.38. The van der Waals surface area contributed by atoms with Crippen LogP contribution in [0, 0.1) is 24.2 Å². The van der Waals surface area contributed by atoms with E-state index in [9.17, 15) is 0 Å². The summed E-state index contributed by atoms with van der Waals surface area (Å²) in [6.07, 6.45) is 34.5. The molecule has 0 fully saturated rings. The number of allylic oxidation sites excluding steroid dienone is 15. The second-order valence-electron chi connectivity index (χ2n) is 12.5. The smallest absolute Gasteiger partial charge is 0.346 e. The van der Waals surface area contributed by atoms with Crippen LogP contribution >= 0.6 is 0 Å². The van der Waals surface area contributed by atoms with Gasteiger partial charge in [-0.1, -0.05) is 197 Å². The molecular formula is C52H99K. The van der Waals surface area contributed by atoms with Crippen molar-refractivity contribution in [3.05, 3.63) is 102 Å². The van der Waals surface area contributed by atoms with Crippen molar-refractivity contribution in [2.45, 2.75) is 216 Å². The molecule has 0 bridgehead atoms. The summed E-state index contributed by atoms with van der Waals surface area (Å²) >= 11 is 0. The van der Waals surface area contributed by atoms with Gasteiger partial charge in [-0.05, 0) is 106 Å². The van der Waals surface area contributed by atoms with Crippen molar-refractivity contribution in [3.8, 4) is 11.8 Å². The third-order valence-electron chi connectivity index (χ3n) is 6.41. The number of hydrogen-bond donors (Lipinski definition) is 0. The van der Waals surface area contributed by atoms with Crippen molar-refractivity contribution < 1.29 is 51.4 Å². The van der Waals surface area contributed by atoms with E-state index in [0.29, 0.717) is 0 Å². The Morgan fingerprint density at radius 3 is 1.58 bits per heavy atom. The van der Waals surface area contributed by atoms with Gasteiger partial charge in [0.05, 0.1) is 0 Å². The molecular weight excluding hydrogens is 664 g/mol. The van der Waals surface area contributed by atoms with Crippen LogP contribution in [-0.2, 0) is 0 Å². The molecule has 0 atom stereocenters. The Bertz CT molecular complexity index is 935. The van der Waals surface area contributed by atoms with Gasteiger partial charge in [0, 0.05) is 11.8 Å². The van der Waals surface area contributed by atoms with Gasteiger partial charge in [-0.15, -0.1) is 5.92 Å². The molecule has 1 heteroatoms. The minimum absolute atomic E-state index is 0. The van der Waals surface area contributed by atoms with Crippen LogP contribution < -0.4 is 51.4 Å². The van der Waals surface area contributed by atoms with Gasteiger partial charge in [-0.25, -0.2) is 0 Å². The minimum atomic E-state index is 0. The van der Waals surface area contributed by atoms with Gasteiger partial charge in [-0.2, -0.15) is 6.92 Å². The molecule has 0 saturated heterocycles. The molecule has 0 aromatic carbocycles. The van der Waals surface area contributed by atoms with Crippen molar-refractivity contribution in [1.82, 2.24) is 0 Å². The Hall–Kier alpha value is -0.884. The molecule has 53 heavy (non-hydrogen) atoms. The first-order chi connectivity index (χ1) is 24.8. The van der Waals surface area contributed by atoms with Crippen molar-refractivity contribution in [2.24, 2.45) is 5.41 Å². The van der Waals surface area contributed by atoms with E-state index < -0.39 is 0 Å². The molecule has 0 heterocycles. The van der Waals surface area contributed by atoms with Crippen LogP contribution in [0.25, 0.3) is 0 Å². The molecule has 0 aliphatic heterocycles. The summed E-state index contributed by atoms with van der Waals surface area (Å²) in [5.74, 6) is 6.54. The summed E-state index contributed by atoms with van der Waals surface area (Å²) in [6, 6.07) is 0. The first kappa shape index (κ1) is 73.3. The van der Waals surface area contributed by atoms with E-state index >= 15 is 0 Å². The molecule has 0 aliphatic carbocycles. The second kappa shape index (κ2) is 69.1. The molecule has 0 aromatic rings. The molecule has 0 aliphatic rings. The van der Waals surface area contributed by atoms with Gasteiger partial charge in [0.2, 0.25) is 0 Å². The van der Waals surface area contributed by atoms with Gasteiger partial charge in [-0.3, -0.25) is 0 Å². The summed E-state index contributed by atoms with van der Waals surface area (Å²) in [5, 5.41) is 0. The Morgan fingerprint density at radius 1 is 0.717 bits per heavy atom. The Morgan fingerprint density at radius 2 is 1.23 bits per heavy atom. The molecule has 0 amide bonds. The quantitative estimate of drug-likeness (QED) is 0.0389. The summed E-state index contributed by atoms with van der Waals surface area (Å²) in [7, 11) is 0. The zero-order valence-corrected chi connectivity index (χ0v) is 44.1. The van der Waals surface area contributed by atoms with Gasteiger partial charge in [0.25, 0.3) is 0 Å². The first-order valence-electron chi connectivity index (χ1n) is 21.2. The fourth-order valence-electron chi connectivity index (χ4n) is 3.38. The summed E-state index contributed by atoms with van der Waals surface area (Å²) in [6.45, 7) is 50.9. The topological polar surface area (TPSA) is 0 Å². The minimum Gasteiger partial charge on any atom is -0.346 e. The molecule has 308 valence electrons.